The van der Waals surface area contributed by atoms with Crippen LogP contribution in [-0.2, 0) is 47.1 Å². The summed E-state index contributed by atoms with van der Waals surface area (Å²) in [7, 11) is 0. The Morgan fingerprint density at radius 2 is 1.55 bits per heavy atom. The van der Waals surface area contributed by atoms with Crippen LogP contribution in [0.15, 0.2) is 11.6 Å². The molecule has 0 bridgehead atoms. The molecule has 6 fully saturated rings. The first kappa shape index (κ1) is 44.8. The standard InChI is InChI=1S/C48H77O7.V/c1-14-35-29(4)27(2)31(6)40(53-35)55-39-30(5)28(3)32(7)52-41(39)54-38-18-19-44(10)36(45(38,11)26-49)17-20-47(13)37(44)16-15-33-34-25-43(8,9)21-23-48(34,42(50)51)24-22-46(33,47)12;/h15,24,26-32,34-41H,14,16-23,25H2,1-13H3,(H,50,51);/q-1;/t27-,28-,29+,30-,31?,32?,34?,35?,36+,37?,38-,39?,40-,41-,44?,45+,46+,47?,48-;/m0./s1. The Morgan fingerprint density at radius 3 is 2.20 bits per heavy atom. The van der Waals surface area contributed by atoms with Gasteiger partial charge < -0.3 is 35.3 Å². The summed E-state index contributed by atoms with van der Waals surface area (Å²) in [6.07, 6.45) is 13.7. The van der Waals surface area contributed by atoms with Crippen molar-refractivity contribution in [3.63, 3.8) is 0 Å². The third kappa shape index (κ3) is 6.54. The van der Waals surface area contributed by atoms with Crippen LogP contribution in [0.25, 0.3) is 0 Å². The first-order chi connectivity index (χ1) is 25.6. The van der Waals surface area contributed by atoms with E-state index in [2.05, 4.69) is 103 Å². The predicted octanol–water partition coefficient (Wildman–Crippen LogP) is 10.7. The zero-order chi connectivity index (χ0) is 40.3. The number of rotatable bonds is 7. The molecule has 0 aromatic heterocycles. The van der Waals surface area contributed by atoms with Crippen LogP contribution in [0.2, 0.25) is 0 Å². The van der Waals surface area contributed by atoms with E-state index >= 15 is 0 Å². The zero-order valence-electron chi connectivity index (χ0n) is 37.2. The topological polar surface area (TPSA) is 91.3 Å². The Morgan fingerprint density at radius 1 is 0.857 bits per heavy atom. The number of allylic oxidation sites excluding steroid dienone is 2. The Bertz CT molecular complexity index is 1510. The van der Waals surface area contributed by atoms with Crippen LogP contribution in [0.3, 0.4) is 0 Å². The van der Waals surface area contributed by atoms with Crippen molar-refractivity contribution in [2.24, 2.45) is 79.8 Å². The molecule has 56 heavy (non-hydrogen) atoms. The average molecular weight is 817 g/mol. The van der Waals surface area contributed by atoms with Gasteiger partial charge in [-0.3, -0.25) is 4.79 Å². The summed E-state index contributed by atoms with van der Waals surface area (Å²) in [6, 6.07) is 0. The summed E-state index contributed by atoms with van der Waals surface area (Å²) in [5.74, 6) is 1.62. The molecule has 8 heteroatoms. The van der Waals surface area contributed by atoms with Crippen LogP contribution in [0.4, 0.5) is 0 Å². The average Bonchev–Trinajstić information content (AvgIpc) is 3.13. The van der Waals surface area contributed by atoms with Gasteiger partial charge in [-0.15, -0.1) is 0 Å². The van der Waals surface area contributed by atoms with Crippen molar-refractivity contribution in [3.05, 3.63) is 18.1 Å². The molecule has 4 saturated carbocycles. The van der Waals surface area contributed by atoms with E-state index in [1.807, 2.05) is 0 Å². The maximum atomic E-state index is 13.7. The second-order valence-electron chi connectivity index (χ2n) is 22.2. The van der Waals surface area contributed by atoms with E-state index in [4.69, 9.17) is 18.9 Å². The van der Waals surface area contributed by atoms with Gasteiger partial charge in [0.2, 0.25) is 0 Å². The Hall–Kier alpha value is -0.696. The second kappa shape index (κ2) is 15.3. The molecule has 1 N–H and O–H groups in total. The van der Waals surface area contributed by atoms with Crippen molar-refractivity contribution in [2.75, 3.05) is 0 Å². The minimum Gasteiger partial charge on any atom is -0.483 e. The number of carbonyl (C=O) groups is 2. The number of carboxylic acids is 1. The summed E-state index contributed by atoms with van der Waals surface area (Å²) in [6.45, 7) is 30.1. The van der Waals surface area contributed by atoms with E-state index in [0.29, 0.717) is 17.8 Å². The number of carboxylic acid groups (broad SMARTS) is 1. The van der Waals surface area contributed by atoms with Gasteiger partial charge in [-0.2, -0.15) is 6.42 Å². The minimum atomic E-state index is -0.762. The maximum Gasteiger partial charge on any atom is 0.279 e. The van der Waals surface area contributed by atoms with E-state index in [0.717, 1.165) is 64.2 Å². The molecule has 2 aliphatic heterocycles. The molecule has 0 amide bonds. The number of hydrogen-bond acceptors (Lipinski definition) is 6. The molecular formula is C48H77O7V-. The summed E-state index contributed by atoms with van der Waals surface area (Å²) in [5.41, 5.74) is -0.0770. The summed E-state index contributed by atoms with van der Waals surface area (Å²) < 4.78 is 27.6. The molecule has 8 unspecified atom stereocenters. The number of ether oxygens (including phenoxy) is 4. The fourth-order valence-corrected chi connectivity index (χ4v) is 14.5. The van der Waals surface area contributed by atoms with Gasteiger partial charge in [0.25, 0.3) is 5.97 Å². The first-order valence-electron chi connectivity index (χ1n) is 22.5. The molecular weight excluding hydrogens is 739 g/mol. The summed E-state index contributed by atoms with van der Waals surface area (Å²) in [5, 5.41) is 10.8. The Balaban J connectivity index is 0.00000532. The van der Waals surface area contributed by atoms with Crippen molar-refractivity contribution in [2.45, 2.75) is 191 Å². The number of fused-ring (bicyclic) bond motifs is 7. The molecule has 7 aliphatic rings. The van der Waals surface area contributed by atoms with Crippen molar-refractivity contribution in [3.8, 4) is 0 Å². The van der Waals surface area contributed by atoms with Crippen molar-refractivity contribution < 1.29 is 52.2 Å². The molecule has 7 nitrogen and oxygen atoms in total. The summed E-state index contributed by atoms with van der Waals surface area (Å²) >= 11 is 0. The second-order valence-corrected chi connectivity index (χ2v) is 22.2. The van der Waals surface area contributed by atoms with Gasteiger partial charge in [-0.25, -0.2) is 0 Å². The third-order valence-corrected chi connectivity index (χ3v) is 19.4. The zero-order valence-corrected chi connectivity index (χ0v) is 38.6. The van der Waals surface area contributed by atoms with Crippen LogP contribution < -0.4 is 0 Å². The first-order valence-corrected chi connectivity index (χ1v) is 22.5. The van der Waals surface area contributed by atoms with Gasteiger partial charge in [0.05, 0.1) is 23.7 Å². The van der Waals surface area contributed by atoms with Crippen LogP contribution in [0.5, 0.6) is 0 Å². The SMILES string of the molecule is CCC1O[C@@H](OC2[C@H](O[C@H]3CCC4(C)C5CC=C6C7CC(C)(C)CC[C@]7(C(=O)O)[CH-]C[C@@]6(C)C5(C)CC[C@H]4[C@@]3(C)C=O)OC(C)[C@@H](C)[C@@H]2C)C(C)[C@@H](C)[C@H]1C.[V]. The maximum absolute atomic E-state index is 13.7. The number of aldehydes is 1. The van der Waals surface area contributed by atoms with Gasteiger partial charge in [-0.1, -0.05) is 101 Å². The number of aliphatic carboxylic acids is 1. The molecule has 7 rings (SSSR count). The van der Waals surface area contributed by atoms with E-state index in [1.54, 1.807) is 0 Å². The van der Waals surface area contributed by atoms with Crippen molar-refractivity contribution in [1.29, 1.82) is 0 Å². The predicted molar refractivity (Wildman–Crippen MR) is 216 cm³/mol. The van der Waals surface area contributed by atoms with Gasteiger partial charge in [-0.05, 0) is 127 Å². The molecule has 19 atom stereocenters. The van der Waals surface area contributed by atoms with Crippen LogP contribution in [0.1, 0.15) is 154 Å². The van der Waals surface area contributed by atoms with Gasteiger partial charge in [0.1, 0.15) is 12.4 Å². The molecule has 1 radical (unpaired) electrons. The van der Waals surface area contributed by atoms with E-state index < -0.39 is 23.1 Å². The Labute approximate surface area is 352 Å². The van der Waals surface area contributed by atoms with Gasteiger partial charge in [0.15, 0.2) is 12.6 Å². The minimum absolute atomic E-state index is 0. The molecule has 317 valence electrons. The van der Waals surface area contributed by atoms with E-state index in [9.17, 15) is 14.7 Å². The van der Waals surface area contributed by atoms with Crippen molar-refractivity contribution >= 4 is 12.3 Å². The van der Waals surface area contributed by atoms with Gasteiger partial charge in [0, 0.05) is 24.5 Å². The number of carbonyl (C=O) groups excluding carboxylic acids is 1. The van der Waals surface area contributed by atoms with Crippen LogP contribution in [-0.4, -0.2) is 54.4 Å². The summed E-state index contributed by atoms with van der Waals surface area (Å²) in [4.78, 5) is 26.8. The van der Waals surface area contributed by atoms with Crippen LogP contribution in [0, 0.1) is 86.3 Å². The van der Waals surface area contributed by atoms with E-state index in [-0.39, 0.29) is 101 Å². The smallest absolute Gasteiger partial charge is 0.279 e. The molecule has 2 saturated heterocycles. The largest absolute Gasteiger partial charge is 0.483 e. The molecule has 0 aromatic rings. The number of hydrogen-bond donors (Lipinski definition) is 1. The Kier molecular flexibility index (Phi) is 12.3. The fraction of sp³-hybridized carbons (Fsp3) is 0.896. The fourth-order valence-electron chi connectivity index (χ4n) is 14.5. The van der Waals surface area contributed by atoms with E-state index in [1.165, 1.54) is 11.9 Å². The monoisotopic (exact) mass is 817 g/mol. The quantitative estimate of drug-likeness (QED) is 0.118. The molecule has 0 aromatic carbocycles. The molecule has 0 spiro atoms. The molecule has 2 heterocycles. The van der Waals surface area contributed by atoms with Crippen LogP contribution >= 0.6 is 0 Å². The van der Waals surface area contributed by atoms with Crippen molar-refractivity contribution in [1.82, 2.24) is 0 Å². The normalized spacial score (nSPS) is 53.8. The van der Waals surface area contributed by atoms with Gasteiger partial charge >= 0.3 is 0 Å². The molecule has 5 aliphatic carbocycles. The third-order valence-electron chi connectivity index (χ3n) is 19.4.